The molecule has 0 spiro atoms. The van der Waals surface area contributed by atoms with Crippen molar-refractivity contribution in [2.75, 3.05) is 6.54 Å². The van der Waals surface area contributed by atoms with Gasteiger partial charge in [-0.3, -0.25) is 0 Å². The van der Waals surface area contributed by atoms with Gasteiger partial charge in [-0.1, -0.05) is 20.3 Å². The first-order valence-corrected chi connectivity index (χ1v) is 6.45. The Bertz CT molecular complexity index is 380. The van der Waals surface area contributed by atoms with Crippen LogP contribution < -0.4 is 10.1 Å². The Morgan fingerprint density at radius 2 is 2.12 bits per heavy atom. The van der Waals surface area contributed by atoms with Crippen LogP contribution in [-0.2, 0) is 0 Å². The normalized spacial score (nSPS) is 22.3. The number of hydrogen-bond acceptors (Lipinski definition) is 2. The molecule has 0 fully saturated rings. The highest BCUT2D eigenvalue weighted by atomic mass is 19.1. The molecule has 2 rings (SSSR count). The Morgan fingerprint density at radius 3 is 2.82 bits per heavy atom. The van der Waals surface area contributed by atoms with Crippen LogP contribution in [-0.4, -0.2) is 12.6 Å². The highest BCUT2D eigenvalue weighted by Gasteiger charge is 2.33. The first-order valence-electron chi connectivity index (χ1n) is 6.45. The number of rotatable bonds is 5. The summed E-state index contributed by atoms with van der Waals surface area (Å²) in [5.41, 5.74) is 0.969. The smallest absolute Gasteiger partial charge is 0.124 e. The first-order chi connectivity index (χ1) is 8.26. The fourth-order valence-corrected chi connectivity index (χ4v) is 2.35. The Balaban J connectivity index is 2.20. The number of halogens is 1. The summed E-state index contributed by atoms with van der Waals surface area (Å²) in [6.45, 7) is 5.21. The summed E-state index contributed by atoms with van der Waals surface area (Å²) in [5.74, 6) is 0.645. The number of ether oxygens (including phenoxy) is 1. The molecule has 2 unspecified atom stereocenters. The predicted molar refractivity (Wildman–Crippen MR) is 66.8 cm³/mol. The molecule has 0 saturated carbocycles. The maximum Gasteiger partial charge on any atom is 0.124 e. The largest absolute Gasteiger partial charge is 0.488 e. The molecular weight excluding hydrogens is 217 g/mol. The van der Waals surface area contributed by atoms with Gasteiger partial charge in [-0.2, -0.15) is 0 Å². The summed E-state index contributed by atoms with van der Waals surface area (Å²) in [4.78, 5) is 0. The monoisotopic (exact) mass is 237 g/mol. The van der Waals surface area contributed by atoms with Crippen LogP contribution in [0, 0.1) is 5.82 Å². The lowest BCUT2D eigenvalue weighted by molar-refractivity contribution is 0.178. The van der Waals surface area contributed by atoms with Crippen LogP contribution in [0.15, 0.2) is 18.2 Å². The molecule has 0 bridgehead atoms. The highest BCUT2D eigenvalue weighted by molar-refractivity contribution is 5.41. The molecule has 17 heavy (non-hydrogen) atoms. The van der Waals surface area contributed by atoms with Crippen molar-refractivity contribution in [1.29, 1.82) is 0 Å². The Kier molecular flexibility index (Phi) is 4.00. The molecule has 1 aromatic carbocycles. The predicted octanol–water partition coefficient (Wildman–Crippen LogP) is 3.43. The molecule has 0 radical (unpaired) electrons. The summed E-state index contributed by atoms with van der Waals surface area (Å²) in [6.07, 6.45) is 3.28. The van der Waals surface area contributed by atoms with Gasteiger partial charge in [0, 0.05) is 5.56 Å². The molecule has 1 N–H and O–H groups in total. The van der Waals surface area contributed by atoms with Gasteiger partial charge < -0.3 is 10.1 Å². The number of hydrogen-bond donors (Lipinski definition) is 1. The van der Waals surface area contributed by atoms with Gasteiger partial charge in [-0.15, -0.1) is 0 Å². The first kappa shape index (κ1) is 12.4. The maximum absolute atomic E-state index is 13.3. The van der Waals surface area contributed by atoms with Crippen molar-refractivity contribution in [1.82, 2.24) is 5.32 Å². The third-order valence-corrected chi connectivity index (χ3v) is 3.14. The summed E-state index contributed by atoms with van der Waals surface area (Å²) in [7, 11) is 0. The molecular formula is C14H20FNO. The second-order valence-electron chi connectivity index (χ2n) is 4.56. The van der Waals surface area contributed by atoms with Gasteiger partial charge in [0.15, 0.2) is 0 Å². The Labute approximate surface area is 102 Å². The van der Waals surface area contributed by atoms with Crippen LogP contribution in [0.25, 0.3) is 0 Å². The van der Waals surface area contributed by atoms with Crippen LogP contribution >= 0.6 is 0 Å². The lowest BCUT2D eigenvalue weighted by atomic mass is 10.0. The fourth-order valence-electron chi connectivity index (χ4n) is 2.35. The van der Waals surface area contributed by atoms with Gasteiger partial charge >= 0.3 is 0 Å². The second-order valence-corrected chi connectivity index (χ2v) is 4.56. The molecule has 3 heteroatoms. The van der Waals surface area contributed by atoms with E-state index in [2.05, 4.69) is 19.2 Å². The van der Waals surface area contributed by atoms with Crippen molar-refractivity contribution in [3.8, 4) is 5.75 Å². The van der Waals surface area contributed by atoms with Crippen molar-refractivity contribution >= 4 is 0 Å². The van der Waals surface area contributed by atoms with Gasteiger partial charge in [0.25, 0.3) is 0 Å². The molecule has 2 nitrogen and oxygen atoms in total. The SMILES string of the molecule is CCCNC1c2cc(F)ccc2OC1CCC. The van der Waals surface area contributed by atoms with Crippen LogP contribution in [0.3, 0.4) is 0 Å². The van der Waals surface area contributed by atoms with E-state index in [-0.39, 0.29) is 18.0 Å². The molecule has 94 valence electrons. The van der Waals surface area contributed by atoms with Gasteiger partial charge in [-0.25, -0.2) is 4.39 Å². The van der Waals surface area contributed by atoms with E-state index in [1.54, 1.807) is 12.1 Å². The summed E-state index contributed by atoms with van der Waals surface area (Å²) in [6, 6.07) is 4.93. The van der Waals surface area contributed by atoms with Crippen molar-refractivity contribution in [3.05, 3.63) is 29.6 Å². The molecule has 1 aromatic rings. The molecule has 1 heterocycles. The van der Waals surface area contributed by atoms with Crippen molar-refractivity contribution < 1.29 is 9.13 Å². The molecule has 0 saturated heterocycles. The zero-order chi connectivity index (χ0) is 12.3. The van der Waals surface area contributed by atoms with E-state index < -0.39 is 0 Å². The summed E-state index contributed by atoms with van der Waals surface area (Å²) < 4.78 is 19.2. The van der Waals surface area contributed by atoms with Gasteiger partial charge in [0.05, 0.1) is 6.04 Å². The number of benzene rings is 1. The van der Waals surface area contributed by atoms with E-state index in [1.165, 1.54) is 6.07 Å². The van der Waals surface area contributed by atoms with Gasteiger partial charge in [-0.05, 0) is 37.6 Å². The number of nitrogens with one attached hydrogen (secondary N) is 1. The second kappa shape index (κ2) is 5.50. The lowest BCUT2D eigenvalue weighted by Crippen LogP contribution is -2.31. The van der Waals surface area contributed by atoms with Crippen LogP contribution in [0.4, 0.5) is 4.39 Å². The minimum Gasteiger partial charge on any atom is -0.488 e. The molecule has 2 atom stereocenters. The van der Waals surface area contributed by atoms with Crippen LogP contribution in [0.2, 0.25) is 0 Å². The Hall–Kier alpha value is -1.09. The fraction of sp³-hybridized carbons (Fsp3) is 0.571. The van der Waals surface area contributed by atoms with Crippen molar-refractivity contribution in [2.24, 2.45) is 0 Å². The summed E-state index contributed by atoms with van der Waals surface area (Å²) in [5, 5.41) is 3.46. The Morgan fingerprint density at radius 1 is 1.29 bits per heavy atom. The number of fused-ring (bicyclic) bond motifs is 1. The van der Waals surface area contributed by atoms with E-state index in [1.807, 2.05) is 0 Å². The average Bonchev–Trinajstić information content (AvgIpc) is 2.64. The minimum absolute atomic E-state index is 0.139. The third kappa shape index (κ3) is 2.60. The van der Waals surface area contributed by atoms with E-state index in [0.717, 1.165) is 37.1 Å². The standard InChI is InChI=1S/C14H20FNO/c1-3-5-13-14(16-8-4-2)11-9-10(15)6-7-12(11)17-13/h6-7,9,13-14,16H,3-5,8H2,1-2H3. The molecule has 1 aliphatic rings. The molecule has 0 aromatic heterocycles. The zero-order valence-corrected chi connectivity index (χ0v) is 10.5. The minimum atomic E-state index is -0.187. The van der Waals surface area contributed by atoms with E-state index in [9.17, 15) is 4.39 Å². The van der Waals surface area contributed by atoms with Gasteiger partial charge in [0.2, 0.25) is 0 Å². The van der Waals surface area contributed by atoms with Crippen LogP contribution in [0.5, 0.6) is 5.75 Å². The molecule has 0 amide bonds. The lowest BCUT2D eigenvalue weighted by Gasteiger charge is -2.19. The quantitative estimate of drug-likeness (QED) is 0.847. The maximum atomic E-state index is 13.3. The third-order valence-electron chi connectivity index (χ3n) is 3.14. The van der Waals surface area contributed by atoms with E-state index in [4.69, 9.17) is 4.74 Å². The van der Waals surface area contributed by atoms with E-state index in [0.29, 0.717) is 0 Å². The van der Waals surface area contributed by atoms with Crippen molar-refractivity contribution in [3.63, 3.8) is 0 Å². The van der Waals surface area contributed by atoms with Crippen LogP contribution in [0.1, 0.15) is 44.7 Å². The highest BCUT2D eigenvalue weighted by Crippen LogP contribution is 2.38. The molecule has 0 aliphatic carbocycles. The topological polar surface area (TPSA) is 21.3 Å². The van der Waals surface area contributed by atoms with Gasteiger partial charge in [0.1, 0.15) is 17.7 Å². The summed E-state index contributed by atoms with van der Waals surface area (Å²) >= 11 is 0. The van der Waals surface area contributed by atoms with E-state index >= 15 is 0 Å². The average molecular weight is 237 g/mol. The molecule has 1 aliphatic heterocycles. The van der Waals surface area contributed by atoms with Crippen molar-refractivity contribution in [2.45, 2.75) is 45.3 Å². The zero-order valence-electron chi connectivity index (χ0n) is 10.5.